The molecule has 2 aliphatic heterocycles. The zero-order valence-electron chi connectivity index (χ0n) is 16.7. The van der Waals surface area contributed by atoms with Crippen LogP contribution in [0.3, 0.4) is 0 Å². The third-order valence-electron chi connectivity index (χ3n) is 5.87. The first-order valence-electron chi connectivity index (χ1n) is 10.7. The summed E-state index contributed by atoms with van der Waals surface area (Å²) >= 11 is 0. The van der Waals surface area contributed by atoms with Crippen LogP contribution in [0.5, 0.6) is 0 Å². The van der Waals surface area contributed by atoms with Gasteiger partial charge in [0, 0.05) is 20.1 Å². The van der Waals surface area contributed by atoms with Gasteiger partial charge in [-0.25, -0.2) is 0 Å². The SMILES string of the molecule is CCN1CCC(CCNC(=NC)NCCCN2CCCCCC2)CC1. The molecule has 25 heavy (non-hydrogen) atoms. The van der Waals surface area contributed by atoms with Gasteiger partial charge in [0.05, 0.1) is 0 Å². The Hall–Kier alpha value is -0.810. The number of piperidine rings is 1. The standard InChI is InChI=1S/C20H41N5/c1-3-24-17-10-19(11-18-24)9-13-23-20(21-2)22-12-8-16-25-14-6-4-5-7-15-25/h19H,3-18H2,1-2H3,(H2,21,22,23). The maximum Gasteiger partial charge on any atom is 0.190 e. The smallest absolute Gasteiger partial charge is 0.190 e. The van der Waals surface area contributed by atoms with Gasteiger partial charge < -0.3 is 20.4 Å². The molecular formula is C20H41N5. The molecule has 0 radical (unpaired) electrons. The third kappa shape index (κ3) is 8.41. The van der Waals surface area contributed by atoms with Crippen LogP contribution in [0.2, 0.25) is 0 Å². The lowest BCUT2D eigenvalue weighted by molar-refractivity contribution is 0.187. The molecule has 0 atom stereocenters. The molecule has 0 saturated carbocycles. The molecular weight excluding hydrogens is 310 g/mol. The predicted octanol–water partition coefficient (Wildman–Crippen LogP) is 2.54. The molecule has 0 bridgehead atoms. The average molecular weight is 352 g/mol. The Balaban J connectivity index is 1.50. The molecule has 2 aliphatic rings. The highest BCUT2D eigenvalue weighted by Crippen LogP contribution is 2.19. The van der Waals surface area contributed by atoms with Gasteiger partial charge in [-0.2, -0.15) is 0 Å². The zero-order chi connectivity index (χ0) is 17.7. The van der Waals surface area contributed by atoms with E-state index in [9.17, 15) is 0 Å². The molecule has 5 heteroatoms. The van der Waals surface area contributed by atoms with Crippen molar-refractivity contribution in [1.29, 1.82) is 0 Å². The average Bonchev–Trinajstić information content (AvgIpc) is 2.93. The first kappa shape index (κ1) is 20.5. The summed E-state index contributed by atoms with van der Waals surface area (Å²) in [6, 6.07) is 0. The number of guanidine groups is 1. The molecule has 0 aromatic heterocycles. The van der Waals surface area contributed by atoms with E-state index >= 15 is 0 Å². The fourth-order valence-electron chi connectivity index (χ4n) is 4.08. The lowest BCUT2D eigenvalue weighted by Gasteiger charge is -2.31. The second kappa shape index (κ2) is 12.5. The monoisotopic (exact) mass is 351 g/mol. The molecule has 0 amide bonds. The number of nitrogens with zero attached hydrogens (tertiary/aromatic N) is 3. The summed E-state index contributed by atoms with van der Waals surface area (Å²) in [7, 11) is 1.88. The van der Waals surface area contributed by atoms with Crippen LogP contribution in [0, 0.1) is 5.92 Å². The van der Waals surface area contributed by atoms with Gasteiger partial charge >= 0.3 is 0 Å². The van der Waals surface area contributed by atoms with Gasteiger partial charge in [-0.1, -0.05) is 19.8 Å². The molecule has 2 saturated heterocycles. The molecule has 0 aromatic carbocycles. The molecule has 2 rings (SSSR count). The summed E-state index contributed by atoms with van der Waals surface area (Å²) < 4.78 is 0. The Bertz CT molecular complexity index is 355. The summed E-state index contributed by atoms with van der Waals surface area (Å²) in [6.07, 6.45) is 10.8. The number of hydrogen-bond donors (Lipinski definition) is 2. The zero-order valence-corrected chi connectivity index (χ0v) is 16.7. The molecule has 2 fully saturated rings. The number of nitrogens with one attached hydrogen (secondary N) is 2. The van der Waals surface area contributed by atoms with E-state index in [4.69, 9.17) is 0 Å². The van der Waals surface area contributed by atoms with Crippen molar-refractivity contribution in [3.05, 3.63) is 0 Å². The molecule has 2 N–H and O–H groups in total. The highest BCUT2D eigenvalue weighted by Gasteiger charge is 2.17. The van der Waals surface area contributed by atoms with E-state index in [1.165, 1.54) is 90.6 Å². The Morgan fingerprint density at radius 1 is 0.920 bits per heavy atom. The van der Waals surface area contributed by atoms with Crippen molar-refractivity contribution in [2.75, 3.05) is 59.4 Å². The first-order valence-corrected chi connectivity index (χ1v) is 10.7. The van der Waals surface area contributed by atoms with E-state index in [-0.39, 0.29) is 0 Å². The lowest BCUT2D eigenvalue weighted by atomic mass is 9.93. The second-order valence-electron chi connectivity index (χ2n) is 7.70. The molecule has 2 heterocycles. The minimum absolute atomic E-state index is 0.886. The Labute approximate surface area is 155 Å². The topological polar surface area (TPSA) is 42.9 Å². The van der Waals surface area contributed by atoms with Gasteiger partial charge in [-0.05, 0) is 83.7 Å². The summed E-state index contributed by atoms with van der Waals surface area (Å²) in [5.74, 6) is 1.86. The van der Waals surface area contributed by atoms with Gasteiger partial charge in [0.15, 0.2) is 5.96 Å². The van der Waals surface area contributed by atoms with Gasteiger partial charge in [-0.3, -0.25) is 4.99 Å². The largest absolute Gasteiger partial charge is 0.356 e. The van der Waals surface area contributed by atoms with E-state index in [0.717, 1.165) is 25.0 Å². The number of hydrogen-bond acceptors (Lipinski definition) is 3. The van der Waals surface area contributed by atoms with Crippen LogP contribution in [0.1, 0.15) is 58.3 Å². The fraction of sp³-hybridized carbons (Fsp3) is 0.950. The van der Waals surface area contributed by atoms with Crippen LogP contribution >= 0.6 is 0 Å². The maximum absolute atomic E-state index is 4.37. The first-order chi connectivity index (χ1) is 12.3. The third-order valence-corrected chi connectivity index (χ3v) is 5.87. The number of aliphatic imine (C=N–C) groups is 1. The van der Waals surface area contributed by atoms with Crippen molar-refractivity contribution in [1.82, 2.24) is 20.4 Å². The maximum atomic E-state index is 4.37. The van der Waals surface area contributed by atoms with Crippen molar-refractivity contribution in [3.63, 3.8) is 0 Å². The molecule has 0 aromatic rings. The Morgan fingerprint density at radius 3 is 2.24 bits per heavy atom. The molecule has 0 unspecified atom stereocenters. The van der Waals surface area contributed by atoms with Crippen LogP contribution in [0.4, 0.5) is 0 Å². The van der Waals surface area contributed by atoms with E-state index in [0.29, 0.717) is 0 Å². The van der Waals surface area contributed by atoms with Crippen LogP contribution in [-0.2, 0) is 0 Å². The van der Waals surface area contributed by atoms with E-state index in [1.54, 1.807) is 0 Å². The van der Waals surface area contributed by atoms with Gasteiger partial charge in [-0.15, -0.1) is 0 Å². The second-order valence-corrected chi connectivity index (χ2v) is 7.70. The summed E-state index contributed by atoms with van der Waals surface area (Å²) in [5, 5.41) is 6.98. The Kier molecular flexibility index (Phi) is 10.3. The molecule has 0 aliphatic carbocycles. The minimum Gasteiger partial charge on any atom is -0.356 e. The van der Waals surface area contributed by atoms with E-state index in [2.05, 4.69) is 32.3 Å². The lowest BCUT2D eigenvalue weighted by Crippen LogP contribution is -2.40. The normalized spacial score (nSPS) is 21.9. The van der Waals surface area contributed by atoms with Gasteiger partial charge in [0.25, 0.3) is 0 Å². The van der Waals surface area contributed by atoms with Crippen LogP contribution < -0.4 is 10.6 Å². The number of likely N-dealkylation sites (tertiary alicyclic amines) is 2. The van der Waals surface area contributed by atoms with Crippen molar-refractivity contribution in [3.8, 4) is 0 Å². The Morgan fingerprint density at radius 2 is 1.60 bits per heavy atom. The highest BCUT2D eigenvalue weighted by atomic mass is 15.2. The fourth-order valence-corrected chi connectivity index (χ4v) is 4.08. The van der Waals surface area contributed by atoms with Crippen LogP contribution in [0.15, 0.2) is 4.99 Å². The predicted molar refractivity (Wildman–Crippen MR) is 108 cm³/mol. The van der Waals surface area contributed by atoms with Crippen molar-refractivity contribution in [2.45, 2.75) is 58.3 Å². The van der Waals surface area contributed by atoms with Crippen molar-refractivity contribution < 1.29 is 0 Å². The van der Waals surface area contributed by atoms with Crippen LogP contribution in [-0.4, -0.2) is 75.2 Å². The van der Waals surface area contributed by atoms with E-state index in [1.807, 2.05) is 7.05 Å². The summed E-state index contributed by atoms with van der Waals surface area (Å²) in [4.78, 5) is 9.56. The number of rotatable bonds is 8. The summed E-state index contributed by atoms with van der Waals surface area (Å²) in [6.45, 7) is 11.9. The van der Waals surface area contributed by atoms with Gasteiger partial charge in [0.2, 0.25) is 0 Å². The quantitative estimate of drug-likeness (QED) is 0.401. The van der Waals surface area contributed by atoms with Gasteiger partial charge in [0.1, 0.15) is 0 Å². The highest BCUT2D eigenvalue weighted by molar-refractivity contribution is 5.79. The molecule has 5 nitrogen and oxygen atoms in total. The van der Waals surface area contributed by atoms with Crippen molar-refractivity contribution in [2.24, 2.45) is 10.9 Å². The van der Waals surface area contributed by atoms with Crippen LogP contribution in [0.25, 0.3) is 0 Å². The summed E-state index contributed by atoms with van der Waals surface area (Å²) in [5.41, 5.74) is 0. The van der Waals surface area contributed by atoms with E-state index < -0.39 is 0 Å². The minimum atomic E-state index is 0.886. The van der Waals surface area contributed by atoms with Crippen molar-refractivity contribution >= 4 is 5.96 Å². The molecule has 0 spiro atoms. The molecule has 146 valence electrons.